The molecule has 0 saturated heterocycles. The molecule has 1 aliphatic carbocycles. The Morgan fingerprint density at radius 2 is 1.40 bits per heavy atom. The quantitative estimate of drug-likeness (QED) is 0.824. The SMILES string of the molecule is O=C(NNC(=O)c1ccc2c(c1)OCO2)c1ccc2c(c1)CCCC2. The van der Waals surface area contributed by atoms with Crippen molar-refractivity contribution < 1.29 is 19.1 Å². The molecule has 0 atom stereocenters. The number of aryl methyl sites for hydroxylation is 2. The smallest absolute Gasteiger partial charge is 0.269 e. The highest BCUT2D eigenvalue weighted by molar-refractivity contribution is 5.99. The number of carbonyl (C=O) groups is 2. The third-order valence-corrected chi connectivity index (χ3v) is 4.54. The molecule has 4 rings (SSSR count). The fourth-order valence-electron chi connectivity index (χ4n) is 3.17. The van der Waals surface area contributed by atoms with Crippen LogP contribution in [0.5, 0.6) is 11.5 Å². The third-order valence-electron chi connectivity index (χ3n) is 4.54. The Bertz CT molecular complexity index is 847. The second-order valence-electron chi connectivity index (χ2n) is 6.17. The van der Waals surface area contributed by atoms with Crippen LogP contribution in [0.15, 0.2) is 36.4 Å². The van der Waals surface area contributed by atoms with Crippen LogP contribution in [-0.2, 0) is 12.8 Å². The Hall–Kier alpha value is -3.02. The molecule has 25 heavy (non-hydrogen) atoms. The summed E-state index contributed by atoms with van der Waals surface area (Å²) in [4.78, 5) is 24.5. The van der Waals surface area contributed by atoms with Gasteiger partial charge in [0.05, 0.1) is 0 Å². The van der Waals surface area contributed by atoms with Gasteiger partial charge in [0.25, 0.3) is 11.8 Å². The van der Waals surface area contributed by atoms with Gasteiger partial charge in [-0.05, 0) is 67.1 Å². The van der Waals surface area contributed by atoms with Crippen molar-refractivity contribution in [3.8, 4) is 11.5 Å². The van der Waals surface area contributed by atoms with Crippen molar-refractivity contribution in [3.63, 3.8) is 0 Å². The van der Waals surface area contributed by atoms with Gasteiger partial charge in [0.2, 0.25) is 6.79 Å². The fourth-order valence-corrected chi connectivity index (χ4v) is 3.17. The monoisotopic (exact) mass is 338 g/mol. The Morgan fingerprint density at radius 1 is 0.760 bits per heavy atom. The first-order valence-electron chi connectivity index (χ1n) is 8.33. The molecule has 0 saturated carbocycles. The number of rotatable bonds is 2. The van der Waals surface area contributed by atoms with Gasteiger partial charge in [-0.25, -0.2) is 0 Å². The van der Waals surface area contributed by atoms with Crippen molar-refractivity contribution in [2.45, 2.75) is 25.7 Å². The van der Waals surface area contributed by atoms with Crippen molar-refractivity contribution >= 4 is 11.8 Å². The summed E-state index contributed by atoms with van der Waals surface area (Å²) in [5.74, 6) is 0.385. The van der Waals surface area contributed by atoms with E-state index in [1.807, 2.05) is 12.1 Å². The first-order valence-corrected chi connectivity index (χ1v) is 8.33. The van der Waals surface area contributed by atoms with Crippen LogP contribution in [0.3, 0.4) is 0 Å². The Labute approximate surface area is 145 Å². The van der Waals surface area contributed by atoms with Gasteiger partial charge < -0.3 is 9.47 Å². The van der Waals surface area contributed by atoms with Crippen LogP contribution in [0.1, 0.15) is 44.7 Å². The van der Waals surface area contributed by atoms with E-state index in [0.717, 1.165) is 19.3 Å². The number of hydrazine groups is 1. The number of benzene rings is 2. The summed E-state index contributed by atoms with van der Waals surface area (Å²) in [6, 6.07) is 10.6. The number of nitrogens with one attached hydrogen (secondary N) is 2. The van der Waals surface area contributed by atoms with Gasteiger partial charge in [-0.1, -0.05) is 6.07 Å². The molecule has 6 nitrogen and oxygen atoms in total. The van der Waals surface area contributed by atoms with E-state index in [-0.39, 0.29) is 12.7 Å². The first-order chi connectivity index (χ1) is 12.2. The predicted molar refractivity (Wildman–Crippen MR) is 90.6 cm³/mol. The van der Waals surface area contributed by atoms with E-state index in [0.29, 0.717) is 22.6 Å². The van der Waals surface area contributed by atoms with Crippen LogP contribution < -0.4 is 20.3 Å². The molecular weight excluding hydrogens is 320 g/mol. The number of fused-ring (bicyclic) bond motifs is 2. The minimum Gasteiger partial charge on any atom is -0.454 e. The van der Waals surface area contributed by atoms with Crippen LogP contribution in [-0.4, -0.2) is 18.6 Å². The molecule has 0 spiro atoms. The standard InChI is InChI=1S/C19H18N2O4/c22-18(14-6-5-12-3-1-2-4-13(12)9-14)20-21-19(23)15-7-8-16-17(10-15)25-11-24-16/h5-10H,1-4,11H2,(H,20,22)(H,21,23). The normalized spacial score (nSPS) is 14.6. The largest absolute Gasteiger partial charge is 0.454 e. The summed E-state index contributed by atoms with van der Waals surface area (Å²) in [6.45, 7) is 0.148. The maximum Gasteiger partial charge on any atom is 0.269 e. The lowest BCUT2D eigenvalue weighted by atomic mass is 9.90. The molecule has 2 aliphatic rings. The summed E-state index contributed by atoms with van der Waals surface area (Å²) in [5, 5.41) is 0. The van der Waals surface area contributed by atoms with Crippen molar-refractivity contribution in [1.82, 2.24) is 10.9 Å². The van der Waals surface area contributed by atoms with Crippen molar-refractivity contribution in [3.05, 3.63) is 58.7 Å². The molecule has 6 heteroatoms. The van der Waals surface area contributed by atoms with Crippen molar-refractivity contribution in [2.75, 3.05) is 6.79 Å². The van der Waals surface area contributed by atoms with Crippen LogP contribution in [0.4, 0.5) is 0 Å². The van der Waals surface area contributed by atoms with E-state index in [9.17, 15) is 9.59 Å². The molecule has 128 valence electrons. The molecule has 0 aromatic heterocycles. The molecule has 2 aromatic rings. The number of ether oxygens (including phenoxy) is 2. The Balaban J connectivity index is 1.40. The number of hydrogen-bond acceptors (Lipinski definition) is 4. The lowest BCUT2D eigenvalue weighted by molar-refractivity contribution is 0.0846. The molecular formula is C19H18N2O4. The Morgan fingerprint density at radius 3 is 2.20 bits per heavy atom. The maximum atomic E-state index is 12.3. The zero-order chi connectivity index (χ0) is 17.2. The average molecular weight is 338 g/mol. The summed E-state index contributed by atoms with van der Waals surface area (Å²) >= 11 is 0. The first kappa shape index (κ1) is 15.5. The van der Waals surface area contributed by atoms with E-state index < -0.39 is 5.91 Å². The minimum absolute atomic E-state index is 0.148. The molecule has 1 aliphatic heterocycles. The highest BCUT2D eigenvalue weighted by Gasteiger charge is 2.17. The minimum atomic E-state index is -0.412. The van der Waals surface area contributed by atoms with Gasteiger partial charge in [0, 0.05) is 11.1 Å². The average Bonchev–Trinajstić information content (AvgIpc) is 3.13. The van der Waals surface area contributed by atoms with E-state index in [2.05, 4.69) is 10.9 Å². The molecule has 0 unspecified atom stereocenters. The van der Waals surface area contributed by atoms with Crippen LogP contribution >= 0.6 is 0 Å². The predicted octanol–water partition coefficient (Wildman–Crippen LogP) is 2.37. The van der Waals surface area contributed by atoms with E-state index in [1.54, 1.807) is 24.3 Å². The lowest BCUT2D eigenvalue weighted by Gasteiger charge is -2.16. The van der Waals surface area contributed by atoms with Crippen LogP contribution in [0, 0.1) is 0 Å². The van der Waals surface area contributed by atoms with E-state index in [1.165, 1.54) is 17.5 Å². The summed E-state index contributed by atoms with van der Waals surface area (Å²) < 4.78 is 10.5. The van der Waals surface area contributed by atoms with Crippen LogP contribution in [0.2, 0.25) is 0 Å². The second kappa shape index (κ2) is 6.47. The van der Waals surface area contributed by atoms with E-state index >= 15 is 0 Å². The number of amides is 2. The molecule has 1 heterocycles. The highest BCUT2D eigenvalue weighted by Crippen LogP contribution is 2.32. The summed E-state index contributed by atoms with van der Waals surface area (Å²) in [6.07, 6.45) is 4.42. The number of hydrogen-bond donors (Lipinski definition) is 2. The zero-order valence-electron chi connectivity index (χ0n) is 13.6. The molecule has 2 aromatic carbocycles. The zero-order valence-corrected chi connectivity index (χ0v) is 13.6. The van der Waals surface area contributed by atoms with E-state index in [4.69, 9.17) is 9.47 Å². The highest BCUT2D eigenvalue weighted by atomic mass is 16.7. The topological polar surface area (TPSA) is 76.7 Å². The van der Waals surface area contributed by atoms with Gasteiger partial charge in [-0.3, -0.25) is 20.4 Å². The third kappa shape index (κ3) is 3.15. The fraction of sp³-hybridized carbons (Fsp3) is 0.263. The van der Waals surface area contributed by atoms with Gasteiger partial charge >= 0.3 is 0 Å². The Kier molecular flexibility index (Phi) is 4.01. The summed E-state index contributed by atoms with van der Waals surface area (Å²) in [7, 11) is 0. The second-order valence-corrected chi connectivity index (χ2v) is 6.17. The van der Waals surface area contributed by atoms with Crippen LogP contribution in [0.25, 0.3) is 0 Å². The van der Waals surface area contributed by atoms with Gasteiger partial charge in [-0.15, -0.1) is 0 Å². The molecule has 0 radical (unpaired) electrons. The lowest BCUT2D eigenvalue weighted by Crippen LogP contribution is -2.41. The summed E-state index contributed by atoms with van der Waals surface area (Å²) in [5.41, 5.74) is 8.36. The molecule has 2 amide bonds. The molecule has 0 fully saturated rings. The maximum absolute atomic E-state index is 12.3. The van der Waals surface area contributed by atoms with Gasteiger partial charge in [0.15, 0.2) is 11.5 Å². The molecule has 0 bridgehead atoms. The van der Waals surface area contributed by atoms with Crippen molar-refractivity contribution in [1.29, 1.82) is 0 Å². The van der Waals surface area contributed by atoms with Gasteiger partial charge in [-0.2, -0.15) is 0 Å². The molecule has 2 N–H and O–H groups in total. The number of carbonyl (C=O) groups excluding carboxylic acids is 2. The van der Waals surface area contributed by atoms with Crippen molar-refractivity contribution in [2.24, 2.45) is 0 Å². The van der Waals surface area contributed by atoms with Gasteiger partial charge in [0.1, 0.15) is 0 Å².